The van der Waals surface area contributed by atoms with E-state index in [9.17, 15) is 0 Å². The first-order valence-corrected chi connectivity index (χ1v) is 28.6. The molecule has 0 amide bonds. The zero-order valence-corrected chi connectivity index (χ0v) is 44.9. The number of benzene rings is 12. The van der Waals surface area contributed by atoms with Crippen LogP contribution in [0.2, 0.25) is 0 Å². The molecule has 6 heteroatoms. The van der Waals surface area contributed by atoms with Crippen LogP contribution >= 0.6 is 0 Å². The summed E-state index contributed by atoms with van der Waals surface area (Å²) in [5.41, 5.74) is 23.1. The van der Waals surface area contributed by atoms with Gasteiger partial charge < -0.3 is 26.8 Å². The van der Waals surface area contributed by atoms with E-state index in [1.54, 1.807) is 0 Å². The van der Waals surface area contributed by atoms with Gasteiger partial charge in [0, 0.05) is 66.0 Å². The Kier molecular flexibility index (Phi) is 9.36. The van der Waals surface area contributed by atoms with Crippen LogP contribution in [0.25, 0.3) is 172 Å². The molecule has 5 aromatic heterocycles. The molecule has 1 unspecified atom stereocenters. The minimum absolute atomic E-state index is 0.0839. The molecule has 17 aromatic rings. The van der Waals surface area contributed by atoms with Crippen LogP contribution in [0.3, 0.4) is 0 Å². The van der Waals surface area contributed by atoms with Gasteiger partial charge in [-0.1, -0.05) is 127 Å². The maximum Gasteiger partial charge on any atom is 0.136 e. The Morgan fingerprint density at radius 1 is 0.250 bits per heavy atom. The molecule has 392 valence electrons. The summed E-state index contributed by atoms with van der Waals surface area (Å²) < 4.78 is 39.8. The van der Waals surface area contributed by atoms with Crippen molar-refractivity contribution in [3.8, 4) is 72.5 Å². The van der Waals surface area contributed by atoms with Gasteiger partial charge in [-0.25, -0.2) is 0 Å². The second-order valence-corrected chi connectivity index (χ2v) is 22.6. The van der Waals surface area contributed by atoms with E-state index in [-0.39, 0.29) is 5.92 Å². The van der Waals surface area contributed by atoms with E-state index in [1.165, 1.54) is 16.7 Å². The van der Waals surface area contributed by atoms with Crippen molar-refractivity contribution < 1.29 is 26.8 Å². The van der Waals surface area contributed by atoms with Gasteiger partial charge in [-0.05, 0) is 188 Å². The maximum atomic E-state index is 6.75. The van der Waals surface area contributed by atoms with Gasteiger partial charge in [0.05, 0.1) is 5.92 Å². The highest BCUT2D eigenvalue weighted by Crippen LogP contribution is 2.50. The van der Waals surface area contributed by atoms with E-state index in [0.29, 0.717) is 0 Å². The first kappa shape index (κ1) is 45.6. The molecule has 6 nitrogen and oxygen atoms in total. The number of fused-ring (bicyclic) bond motifs is 18. The monoisotopic (exact) mass is 1080 g/mol. The smallest absolute Gasteiger partial charge is 0.136 e. The first-order chi connectivity index (χ1) is 41.5. The zero-order valence-electron chi connectivity index (χ0n) is 44.9. The number of furan rings is 5. The number of rotatable bonds is 6. The molecular weight excluding hydrogens is 1030 g/mol. The molecule has 19 rings (SSSR count). The second-order valence-electron chi connectivity index (χ2n) is 22.6. The zero-order chi connectivity index (χ0) is 54.7. The number of hydrogen-bond acceptors (Lipinski definition) is 6. The van der Waals surface area contributed by atoms with Crippen LogP contribution in [-0.2, 0) is 6.42 Å². The lowest BCUT2D eigenvalue weighted by atomic mass is 9.86. The molecule has 0 N–H and O–H groups in total. The largest absolute Gasteiger partial charge is 0.461 e. The summed E-state index contributed by atoms with van der Waals surface area (Å²) in [4.78, 5) is 0. The summed E-state index contributed by atoms with van der Waals surface area (Å²) >= 11 is 0. The Morgan fingerprint density at radius 3 is 0.988 bits per heavy atom. The lowest BCUT2D eigenvalue weighted by Crippen LogP contribution is -2.07. The Labute approximate surface area is 479 Å². The molecule has 1 aliphatic carbocycles. The molecule has 0 radical (unpaired) electrons. The fourth-order valence-electron chi connectivity index (χ4n) is 13.6. The molecule has 0 saturated carbocycles. The minimum Gasteiger partial charge on any atom is -0.461 e. The summed E-state index contributed by atoms with van der Waals surface area (Å²) in [5, 5.41) is 9.28. The molecule has 0 saturated heterocycles. The van der Waals surface area contributed by atoms with Crippen LogP contribution in [0.4, 0.5) is 0 Å². The van der Waals surface area contributed by atoms with Crippen LogP contribution in [0.15, 0.2) is 270 Å². The topological polar surface area (TPSA) is 74.9 Å². The third-order valence-corrected chi connectivity index (χ3v) is 17.8. The third kappa shape index (κ3) is 6.98. The van der Waals surface area contributed by atoms with E-state index in [4.69, 9.17) is 26.8 Å². The van der Waals surface area contributed by atoms with Gasteiger partial charge in [-0.3, -0.25) is 0 Å². The van der Waals surface area contributed by atoms with E-state index in [2.05, 4.69) is 237 Å². The highest BCUT2D eigenvalue weighted by Gasteiger charge is 2.36. The highest BCUT2D eigenvalue weighted by atomic mass is 16.5. The lowest BCUT2D eigenvalue weighted by molar-refractivity contribution is 0.418. The summed E-state index contributed by atoms with van der Waals surface area (Å²) in [6, 6.07) is 86.0. The van der Waals surface area contributed by atoms with Crippen molar-refractivity contribution in [3.63, 3.8) is 0 Å². The van der Waals surface area contributed by atoms with E-state index in [1.807, 2.05) is 12.1 Å². The van der Waals surface area contributed by atoms with E-state index < -0.39 is 0 Å². The van der Waals surface area contributed by atoms with Gasteiger partial charge in [-0.2, -0.15) is 0 Å². The van der Waals surface area contributed by atoms with Gasteiger partial charge in [0.1, 0.15) is 67.5 Å². The quantitative estimate of drug-likeness (QED) is 0.165. The van der Waals surface area contributed by atoms with Crippen LogP contribution < -0.4 is 4.74 Å². The molecule has 6 heterocycles. The van der Waals surface area contributed by atoms with Gasteiger partial charge >= 0.3 is 0 Å². The molecule has 0 spiro atoms. The number of allylic oxidation sites excluding steroid dienone is 1. The van der Waals surface area contributed by atoms with E-state index in [0.717, 1.165) is 184 Å². The standard InChI is InChI=1S/C78H44O6/c1-4-10-43(11-5-1)46-16-22-67-55(31-46)61-37-76-64(40-73(61)79-67)58-34-49(19-25-70(58)82-76)52-28-53(50-20-26-71-59(35-50)65-41-74-62(38-77(65)83-71)56-32-47(17-23-68(56)80-74)44-12-6-2-7-13-44)30-54(29-52)51-21-27-72-60(36-51)66-42-75-63(39-78(66)84-72)57-33-48(18-24-69(57)81-75)45-14-8-3-9-15-45/h1-38,40-42,63H,39H2. The number of ether oxygens (including phenoxy) is 1. The highest BCUT2D eigenvalue weighted by molar-refractivity contribution is 6.17. The Hall–Kier alpha value is -11.1. The molecule has 2 aliphatic rings. The van der Waals surface area contributed by atoms with Gasteiger partial charge in [0.2, 0.25) is 0 Å². The average Bonchev–Trinajstić information content (AvgIpc) is 3.90. The fourth-order valence-corrected chi connectivity index (χ4v) is 13.6. The van der Waals surface area contributed by atoms with Gasteiger partial charge in [0.15, 0.2) is 0 Å². The van der Waals surface area contributed by atoms with Gasteiger partial charge in [-0.15, -0.1) is 0 Å². The molecule has 1 aliphatic heterocycles. The van der Waals surface area contributed by atoms with Crippen LogP contribution in [0, 0.1) is 0 Å². The third-order valence-electron chi connectivity index (χ3n) is 17.8. The van der Waals surface area contributed by atoms with Crippen molar-refractivity contribution in [3.05, 3.63) is 265 Å². The molecular formula is C78H44O6. The normalized spacial score (nSPS) is 14.0. The summed E-state index contributed by atoms with van der Waals surface area (Å²) in [7, 11) is 0. The Bertz CT molecular complexity index is 5420. The lowest BCUT2D eigenvalue weighted by Gasteiger charge is -2.15. The first-order valence-electron chi connectivity index (χ1n) is 28.6. The molecule has 0 bridgehead atoms. The van der Waals surface area contributed by atoms with Crippen molar-refractivity contribution in [1.29, 1.82) is 0 Å². The van der Waals surface area contributed by atoms with Crippen LogP contribution in [0.1, 0.15) is 22.8 Å². The Morgan fingerprint density at radius 2 is 0.583 bits per heavy atom. The van der Waals surface area contributed by atoms with Crippen LogP contribution in [-0.4, -0.2) is 0 Å². The summed E-state index contributed by atoms with van der Waals surface area (Å²) in [5.74, 6) is 2.93. The second kappa shape index (κ2) is 17.2. The minimum atomic E-state index is 0.0839. The fraction of sp³-hybridized carbons (Fsp3) is 0.0256. The SMILES string of the molecule is C1=C2Oc3ccc(-c4ccccc4)cc3C2Cc2oc3ccc(-c4cc(-c5ccc6oc7cc8c(cc7c6c5)oc5ccc(-c6ccccc6)cc58)cc(-c5ccc6oc7cc8c(cc7c6c5)oc5ccc(-c6ccccc6)cc58)c4)cc3c21. The van der Waals surface area contributed by atoms with Gasteiger partial charge in [0.25, 0.3) is 0 Å². The molecule has 12 aromatic carbocycles. The van der Waals surface area contributed by atoms with Crippen molar-refractivity contribution in [2.45, 2.75) is 12.3 Å². The molecule has 1 atom stereocenters. The Balaban J connectivity index is 0.745. The summed E-state index contributed by atoms with van der Waals surface area (Å²) in [6.45, 7) is 0. The van der Waals surface area contributed by atoms with Crippen molar-refractivity contribution in [2.24, 2.45) is 0 Å². The van der Waals surface area contributed by atoms with E-state index >= 15 is 0 Å². The molecule has 0 fully saturated rings. The summed E-state index contributed by atoms with van der Waals surface area (Å²) in [6.07, 6.45) is 2.93. The number of hydrogen-bond donors (Lipinski definition) is 0. The van der Waals surface area contributed by atoms with Crippen molar-refractivity contribution in [2.75, 3.05) is 0 Å². The van der Waals surface area contributed by atoms with Crippen molar-refractivity contribution >= 4 is 105 Å². The van der Waals surface area contributed by atoms with Crippen molar-refractivity contribution in [1.82, 2.24) is 0 Å². The predicted molar refractivity (Wildman–Crippen MR) is 339 cm³/mol. The predicted octanol–water partition coefficient (Wildman–Crippen LogP) is 22.1. The van der Waals surface area contributed by atoms with Crippen LogP contribution in [0.5, 0.6) is 5.75 Å². The molecule has 84 heavy (non-hydrogen) atoms. The average molecular weight is 1080 g/mol. The maximum absolute atomic E-state index is 6.75.